The summed E-state index contributed by atoms with van der Waals surface area (Å²) < 4.78 is 4.60. The number of carbonyl (C=O) groups excluding carboxylic acids is 1. The average Bonchev–Trinajstić information content (AvgIpc) is 2.84. The Morgan fingerprint density at radius 3 is 2.50 bits per heavy atom. The summed E-state index contributed by atoms with van der Waals surface area (Å²) in [5, 5.41) is 29.9. The summed E-state index contributed by atoms with van der Waals surface area (Å²) >= 11 is 0. The van der Waals surface area contributed by atoms with Gasteiger partial charge >= 0.3 is 5.97 Å². The number of unbranched alkanes of at least 4 members (excludes halogenated alkanes) is 4. The Balaban J connectivity index is 2.15. The molecule has 1 saturated carbocycles. The predicted molar refractivity (Wildman–Crippen MR) is 93.4 cm³/mol. The largest absolute Gasteiger partial charge is 0.469 e. The van der Waals surface area contributed by atoms with E-state index < -0.39 is 18.3 Å². The fourth-order valence-corrected chi connectivity index (χ4v) is 3.54. The minimum absolute atomic E-state index is 0.0574. The molecule has 1 fully saturated rings. The van der Waals surface area contributed by atoms with Crippen molar-refractivity contribution < 1.29 is 24.9 Å². The van der Waals surface area contributed by atoms with Crippen LogP contribution in [0.15, 0.2) is 12.2 Å². The van der Waals surface area contributed by atoms with Crippen LogP contribution in [0.3, 0.4) is 0 Å². The summed E-state index contributed by atoms with van der Waals surface area (Å²) in [6.07, 6.45) is 9.54. The summed E-state index contributed by atoms with van der Waals surface area (Å²) in [4.78, 5) is 11.0. The first-order valence-corrected chi connectivity index (χ1v) is 9.28. The van der Waals surface area contributed by atoms with Gasteiger partial charge in [0, 0.05) is 18.8 Å². The second-order valence-corrected chi connectivity index (χ2v) is 6.85. The number of rotatable bonds is 11. The lowest BCUT2D eigenvalue weighted by Crippen LogP contribution is -2.20. The van der Waals surface area contributed by atoms with Gasteiger partial charge in [-0.15, -0.1) is 0 Å². The molecule has 0 bridgehead atoms. The van der Waals surface area contributed by atoms with E-state index in [1.807, 2.05) is 13.0 Å². The molecule has 0 aliphatic heterocycles. The van der Waals surface area contributed by atoms with Crippen molar-refractivity contribution in [2.45, 2.75) is 83.0 Å². The molecular formula is C19H34O5. The van der Waals surface area contributed by atoms with Gasteiger partial charge in [-0.25, -0.2) is 0 Å². The third-order valence-corrected chi connectivity index (χ3v) is 5.05. The van der Waals surface area contributed by atoms with Crippen LogP contribution in [-0.2, 0) is 9.53 Å². The molecule has 0 amide bonds. The van der Waals surface area contributed by atoms with Crippen LogP contribution in [0, 0.1) is 11.8 Å². The normalized spacial score (nSPS) is 28.4. The first-order valence-electron chi connectivity index (χ1n) is 9.28. The van der Waals surface area contributed by atoms with Crippen LogP contribution in [0.2, 0.25) is 0 Å². The van der Waals surface area contributed by atoms with Gasteiger partial charge < -0.3 is 20.1 Å². The molecule has 0 aromatic carbocycles. The van der Waals surface area contributed by atoms with Crippen molar-refractivity contribution in [3.63, 3.8) is 0 Å². The van der Waals surface area contributed by atoms with Crippen LogP contribution < -0.4 is 0 Å². The summed E-state index contributed by atoms with van der Waals surface area (Å²) in [6, 6.07) is 0. The van der Waals surface area contributed by atoms with Crippen molar-refractivity contribution in [2.24, 2.45) is 11.8 Å². The fraction of sp³-hybridized carbons (Fsp3) is 0.842. The summed E-state index contributed by atoms with van der Waals surface area (Å²) in [5.74, 6) is -0.128. The maximum atomic E-state index is 11.0. The number of aliphatic hydroxyl groups excluding tert-OH is 3. The van der Waals surface area contributed by atoms with E-state index in [0.717, 1.165) is 38.5 Å². The SMILES string of the molecule is CC[C@H]1[C@@H](/C=C/[C@@H](O)CCCCCCCC(=O)OC)[C@H](O)C[C@@H]1O. The molecule has 1 aliphatic carbocycles. The fourth-order valence-electron chi connectivity index (χ4n) is 3.54. The molecule has 5 atom stereocenters. The zero-order valence-corrected chi connectivity index (χ0v) is 15.1. The number of hydrogen-bond acceptors (Lipinski definition) is 5. The molecule has 0 radical (unpaired) electrons. The Morgan fingerprint density at radius 2 is 1.83 bits per heavy atom. The molecule has 0 saturated heterocycles. The van der Waals surface area contributed by atoms with Crippen molar-refractivity contribution in [1.29, 1.82) is 0 Å². The number of aliphatic hydroxyl groups is 3. The molecule has 24 heavy (non-hydrogen) atoms. The highest BCUT2D eigenvalue weighted by molar-refractivity contribution is 5.68. The Kier molecular flexibility index (Phi) is 10.2. The summed E-state index contributed by atoms with van der Waals surface area (Å²) in [5.41, 5.74) is 0. The zero-order valence-electron chi connectivity index (χ0n) is 15.1. The van der Waals surface area contributed by atoms with Crippen molar-refractivity contribution in [3.8, 4) is 0 Å². The molecular weight excluding hydrogens is 308 g/mol. The molecule has 0 aromatic rings. The first kappa shape index (κ1) is 21.1. The Morgan fingerprint density at radius 1 is 1.17 bits per heavy atom. The molecule has 0 aromatic heterocycles. The van der Waals surface area contributed by atoms with E-state index >= 15 is 0 Å². The highest BCUT2D eigenvalue weighted by atomic mass is 16.5. The average molecular weight is 342 g/mol. The lowest BCUT2D eigenvalue weighted by Gasteiger charge is -2.19. The Bertz CT molecular complexity index is 382. The maximum absolute atomic E-state index is 11.0. The van der Waals surface area contributed by atoms with Gasteiger partial charge in [0.05, 0.1) is 25.4 Å². The van der Waals surface area contributed by atoms with Gasteiger partial charge in [-0.05, 0) is 18.8 Å². The molecule has 1 aliphatic rings. The minimum atomic E-state index is -0.511. The lowest BCUT2D eigenvalue weighted by molar-refractivity contribution is -0.140. The second kappa shape index (κ2) is 11.6. The van der Waals surface area contributed by atoms with Crippen molar-refractivity contribution in [1.82, 2.24) is 0 Å². The number of carbonyl (C=O) groups is 1. The second-order valence-electron chi connectivity index (χ2n) is 6.85. The van der Waals surface area contributed by atoms with Gasteiger partial charge in [0.25, 0.3) is 0 Å². The van der Waals surface area contributed by atoms with E-state index in [2.05, 4.69) is 4.74 Å². The van der Waals surface area contributed by atoms with E-state index in [0.29, 0.717) is 19.3 Å². The van der Waals surface area contributed by atoms with Crippen LogP contribution >= 0.6 is 0 Å². The minimum Gasteiger partial charge on any atom is -0.469 e. The van der Waals surface area contributed by atoms with Crippen molar-refractivity contribution >= 4 is 5.97 Å². The van der Waals surface area contributed by atoms with E-state index in [4.69, 9.17) is 0 Å². The monoisotopic (exact) mass is 342 g/mol. The van der Waals surface area contributed by atoms with Gasteiger partial charge in [0.1, 0.15) is 0 Å². The van der Waals surface area contributed by atoms with Crippen LogP contribution in [0.1, 0.15) is 64.7 Å². The lowest BCUT2D eigenvalue weighted by atomic mass is 9.90. The molecule has 5 heteroatoms. The van der Waals surface area contributed by atoms with Crippen LogP contribution in [-0.4, -0.2) is 46.7 Å². The summed E-state index contributed by atoms with van der Waals surface area (Å²) in [7, 11) is 1.41. The topological polar surface area (TPSA) is 87.0 Å². The third-order valence-electron chi connectivity index (χ3n) is 5.05. The molecule has 0 heterocycles. The molecule has 0 spiro atoms. The summed E-state index contributed by atoms with van der Waals surface area (Å²) in [6.45, 7) is 2.02. The van der Waals surface area contributed by atoms with E-state index in [1.54, 1.807) is 6.08 Å². The van der Waals surface area contributed by atoms with Gasteiger partial charge in [-0.2, -0.15) is 0 Å². The molecule has 3 N–H and O–H groups in total. The third kappa shape index (κ3) is 7.32. The zero-order chi connectivity index (χ0) is 17.9. The molecule has 140 valence electrons. The Hall–Kier alpha value is -0.910. The van der Waals surface area contributed by atoms with Gasteiger partial charge in [0.2, 0.25) is 0 Å². The molecule has 0 unspecified atom stereocenters. The first-order chi connectivity index (χ1) is 11.5. The number of hydrogen-bond donors (Lipinski definition) is 3. The Labute approximate surface area is 145 Å². The number of methoxy groups -OCH3 is 1. The highest BCUT2D eigenvalue weighted by Crippen LogP contribution is 2.35. The van der Waals surface area contributed by atoms with Crippen LogP contribution in [0.25, 0.3) is 0 Å². The quantitative estimate of drug-likeness (QED) is 0.305. The predicted octanol–water partition coefficient (Wildman–Crippen LogP) is 2.58. The highest BCUT2D eigenvalue weighted by Gasteiger charge is 2.38. The standard InChI is InChI=1S/C19H34O5/c1-3-15-16(18(22)13-17(15)21)12-11-14(20)9-7-5-4-6-8-10-19(23)24-2/h11-12,14-18,20-22H,3-10,13H2,1-2H3/b12-11+/t14-,15-,16+,17-,18+/m0/s1. The van der Waals surface area contributed by atoms with E-state index in [-0.39, 0.29) is 17.8 Å². The molecule has 5 nitrogen and oxygen atoms in total. The molecule has 1 rings (SSSR count). The van der Waals surface area contributed by atoms with E-state index in [1.165, 1.54) is 7.11 Å². The smallest absolute Gasteiger partial charge is 0.305 e. The number of esters is 1. The number of ether oxygens (including phenoxy) is 1. The van der Waals surface area contributed by atoms with Gasteiger partial charge in [0.15, 0.2) is 0 Å². The van der Waals surface area contributed by atoms with Crippen LogP contribution in [0.5, 0.6) is 0 Å². The van der Waals surface area contributed by atoms with E-state index in [9.17, 15) is 20.1 Å². The van der Waals surface area contributed by atoms with Crippen molar-refractivity contribution in [2.75, 3.05) is 7.11 Å². The maximum Gasteiger partial charge on any atom is 0.305 e. The van der Waals surface area contributed by atoms with Crippen LogP contribution in [0.4, 0.5) is 0 Å². The van der Waals surface area contributed by atoms with Gasteiger partial charge in [-0.3, -0.25) is 4.79 Å². The van der Waals surface area contributed by atoms with Crippen molar-refractivity contribution in [3.05, 3.63) is 12.2 Å². The van der Waals surface area contributed by atoms with Gasteiger partial charge in [-0.1, -0.05) is 51.2 Å².